The molecule has 1 aliphatic rings. The summed E-state index contributed by atoms with van der Waals surface area (Å²) in [5.74, 6) is 4.94. The smallest absolute Gasteiger partial charge is 0.260 e. The number of hydrazine groups is 1. The van der Waals surface area contributed by atoms with Gasteiger partial charge in [0, 0.05) is 5.57 Å². The van der Waals surface area contributed by atoms with Crippen molar-refractivity contribution in [3.63, 3.8) is 0 Å². The molecule has 0 radical (unpaired) electrons. The van der Waals surface area contributed by atoms with Gasteiger partial charge in [0.2, 0.25) is 0 Å². The highest BCUT2D eigenvalue weighted by Crippen LogP contribution is 2.16. The summed E-state index contributed by atoms with van der Waals surface area (Å²) in [7, 11) is 0. The van der Waals surface area contributed by atoms with Gasteiger partial charge in [0.1, 0.15) is 0 Å². The fourth-order valence-electron chi connectivity index (χ4n) is 1.49. The normalized spacial score (nSPS) is 18.9. The van der Waals surface area contributed by atoms with Gasteiger partial charge in [-0.1, -0.05) is 18.9 Å². The third kappa shape index (κ3) is 2.66. The standard InChI is InChI=1S/C9H16N2O/c10-11-9(12)8-6-4-2-1-3-5-7-8/h6H,1-5,7,10H2,(H,11,12). The summed E-state index contributed by atoms with van der Waals surface area (Å²) in [6.45, 7) is 0. The second-order valence-electron chi connectivity index (χ2n) is 3.16. The van der Waals surface area contributed by atoms with Crippen LogP contribution in [-0.2, 0) is 4.79 Å². The first-order valence-corrected chi connectivity index (χ1v) is 4.54. The maximum atomic E-state index is 11.1. The van der Waals surface area contributed by atoms with Crippen molar-refractivity contribution >= 4 is 5.91 Å². The average molecular weight is 168 g/mol. The van der Waals surface area contributed by atoms with Gasteiger partial charge in [-0.05, 0) is 25.7 Å². The zero-order chi connectivity index (χ0) is 8.81. The highest BCUT2D eigenvalue weighted by molar-refractivity contribution is 5.92. The van der Waals surface area contributed by atoms with Gasteiger partial charge in [0.05, 0.1) is 0 Å². The number of nitrogens with one attached hydrogen (secondary N) is 1. The molecular formula is C9H16N2O. The van der Waals surface area contributed by atoms with Crippen molar-refractivity contribution in [2.45, 2.75) is 38.5 Å². The maximum Gasteiger partial charge on any atom is 0.260 e. The predicted octanol–water partition coefficient (Wildman–Crippen LogP) is 1.26. The van der Waals surface area contributed by atoms with Crippen molar-refractivity contribution in [1.82, 2.24) is 5.43 Å². The molecule has 3 N–H and O–H groups in total. The lowest BCUT2D eigenvalue weighted by molar-refractivity contribution is -0.117. The van der Waals surface area contributed by atoms with Gasteiger partial charge in [-0.2, -0.15) is 0 Å². The number of rotatable bonds is 1. The molecule has 0 aromatic rings. The Labute approximate surface area is 73.0 Å². The quantitative estimate of drug-likeness (QED) is 0.352. The predicted molar refractivity (Wildman–Crippen MR) is 48.1 cm³/mol. The van der Waals surface area contributed by atoms with Gasteiger partial charge >= 0.3 is 0 Å². The molecule has 0 aromatic heterocycles. The molecule has 0 aliphatic heterocycles. The van der Waals surface area contributed by atoms with Gasteiger partial charge in [-0.25, -0.2) is 5.84 Å². The van der Waals surface area contributed by atoms with Gasteiger partial charge in [0.15, 0.2) is 0 Å². The average Bonchev–Trinajstić information content (AvgIpc) is 2.02. The first-order chi connectivity index (χ1) is 5.84. The molecule has 0 atom stereocenters. The van der Waals surface area contributed by atoms with Crippen LogP contribution in [0.15, 0.2) is 11.6 Å². The Balaban J connectivity index is 2.52. The minimum absolute atomic E-state index is 0.114. The molecule has 0 unspecified atom stereocenters. The molecule has 0 spiro atoms. The van der Waals surface area contributed by atoms with E-state index >= 15 is 0 Å². The number of carbonyl (C=O) groups is 1. The summed E-state index contributed by atoms with van der Waals surface area (Å²) in [4.78, 5) is 11.1. The number of hydrogen-bond acceptors (Lipinski definition) is 2. The van der Waals surface area contributed by atoms with Crippen LogP contribution in [0.4, 0.5) is 0 Å². The Morgan fingerprint density at radius 1 is 1.33 bits per heavy atom. The largest absolute Gasteiger partial charge is 0.290 e. The van der Waals surface area contributed by atoms with Crippen molar-refractivity contribution in [2.24, 2.45) is 5.84 Å². The topological polar surface area (TPSA) is 55.1 Å². The summed E-state index contributed by atoms with van der Waals surface area (Å²) in [5.41, 5.74) is 3.03. The van der Waals surface area contributed by atoms with Crippen LogP contribution in [0, 0.1) is 0 Å². The van der Waals surface area contributed by atoms with E-state index in [0.717, 1.165) is 24.8 Å². The fourth-order valence-corrected chi connectivity index (χ4v) is 1.49. The van der Waals surface area contributed by atoms with Crippen molar-refractivity contribution in [1.29, 1.82) is 0 Å². The zero-order valence-corrected chi connectivity index (χ0v) is 7.31. The number of allylic oxidation sites excluding steroid dienone is 1. The van der Waals surface area contributed by atoms with E-state index in [1.54, 1.807) is 0 Å². The third-order valence-corrected chi connectivity index (χ3v) is 2.21. The van der Waals surface area contributed by atoms with Crippen LogP contribution in [0.25, 0.3) is 0 Å². The lowest BCUT2D eigenvalue weighted by atomic mass is 10.00. The van der Waals surface area contributed by atoms with E-state index in [4.69, 9.17) is 5.84 Å². The number of nitrogens with two attached hydrogens (primary N) is 1. The molecule has 0 aromatic carbocycles. The highest BCUT2D eigenvalue weighted by atomic mass is 16.2. The van der Waals surface area contributed by atoms with E-state index < -0.39 is 0 Å². The van der Waals surface area contributed by atoms with Crippen LogP contribution >= 0.6 is 0 Å². The van der Waals surface area contributed by atoms with Crippen LogP contribution in [-0.4, -0.2) is 5.91 Å². The molecular weight excluding hydrogens is 152 g/mol. The van der Waals surface area contributed by atoms with E-state index in [2.05, 4.69) is 5.43 Å². The van der Waals surface area contributed by atoms with Crippen LogP contribution in [0.5, 0.6) is 0 Å². The second kappa shape index (κ2) is 4.93. The Morgan fingerprint density at radius 2 is 2.08 bits per heavy atom. The van der Waals surface area contributed by atoms with Gasteiger partial charge in [0.25, 0.3) is 5.91 Å². The summed E-state index contributed by atoms with van der Waals surface area (Å²) < 4.78 is 0. The van der Waals surface area contributed by atoms with Crippen LogP contribution in [0.1, 0.15) is 38.5 Å². The van der Waals surface area contributed by atoms with Crippen LogP contribution < -0.4 is 11.3 Å². The lowest BCUT2D eigenvalue weighted by Crippen LogP contribution is -2.31. The molecule has 0 saturated heterocycles. The maximum absolute atomic E-state index is 11.1. The lowest BCUT2D eigenvalue weighted by Gasteiger charge is -2.09. The SMILES string of the molecule is NNC(=O)C1=CCCCCCC1. The van der Waals surface area contributed by atoms with E-state index in [9.17, 15) is 4.79 Å². The molecule has 1 rings (SSSR count). The molecule has 0 saturated carbocycles. The van der Waals surface area contributed by atoms with Gasteiger partial charge < -0.3 is 0 Å². The molecule has 0 bridgehead atoms. The molecule has 68 valence electrons. The molecule has 0 fully saturated rings. The van der Waals surface area contributed by atoms with Crippen molar-refractivity contribution < 1.29 is 4.79 Å². The van der Waals surface area contributed by atoms with Gasteiger partial charge in [-0.15, -0.1) is 0 Å². The Morgan fingerprint density at radius 3 is 2.83 bits per heavy atom. The number of amides is 1. The summed E-state index contributed by atoms with van der Waals surface area (Å²) in [6, 6.07) is 0. The zero-order valence-electron chi connectivity index (χ0n) is 7.31. The minimum Gasteiger partial charge on any atom is -0.290 e. The number of hydrogen-bond donors (Lipinski definition) is 2. The molecule has 3 nitrogen and oxygen atoms in total. The van der Waals surface area contributed by atoms with Crippen molar-refractivity contribution in [3.8, 4) is 0 Å². The summed E-state index contributed by atoms with van der Waals surface area (Å²) >= 11 is 0. The minimum atomic E-state index is -0.114. The molecule has 12 heavy (non-hydrogen) atoms. The van der Waals surface area contributed by atoms with Crippen molar-refractivity contribution in [3.05, 3.63) is 11.6 Å². The number of carbonyl (C=O) groups excluding carboxylic acids is 1. The van der Waals surface area contributed by atoms with Crippen LogP contribution in [0.3, 0.4) is 0 Å². The first kappa shape index (κ1) is 9.26. The molecule has 3 heteroatoms. The first-order valence-electron chi connectivity index (χ1n) is 4.54. The van der Waals surface area contributed by atoms with Gasteiger partial charge in [-0.3, -0.25) is 10.2 Å². The molecule has 0 heterocycles. The Hall–Kier alpha value is -0.830. The Kier molecular flexibility index (Phi) is 3.80. The second-order valence-corrected chi connectivity index (χ2v) is 3.16. The Bertz CT molecular complexity index is 187. The molecule has 1 aliphatic carbocycles. The summed E-state index contributed by atoms with van der Waals surface area (Å²) in [6.07, 6.45) is 8.73. The summed E-state index contributed by atoms with van der Waals surface area (Å²) in [5, 5.41) is 0. The molecule has 1 amide bonds. The van der Waals surface area contributed by atoms with E-state index in [1.165, 1.54) is 19.3 Å². The van der Waals surface area contributed by atoms with E-state index in [1.807, 2.05) is 6.08 Å². The highest BCUT2D eigenvalue weighted by Gasteiger charge is 2.08. The fraction of sp³-hybridized carbons (Fsp3) is 0.667. The van der Waals surface area contributed by atoms with E-state index in [0.29, 0.717) is 0 Å². The van der Waals surface area contributed by atoms with Crippen molar-refractivity contribution in [2.75, 3.05) is 0 Å². The van der Waals surface area contributed by atoms with Crippen LogP contribution in [0.2, 0.25) is 0 Å². The third-order valence-electron chi connectivity index (χ3n) is 2.21. The monoisotopic (exact) mass is 168 g/mol. The van der Waals surface area contributed by atoms with E-state index in [-0.39, 0.29) is 5.91 Å².